The molecule has 32 heavy (non-hydrogen) atoms. The number of sulfonamides is 1. The molecule has 0 aliphatic heterocycles. The maximum Gasteiger partial charge on any atom is 0.251 e. The van der Waals surface area contributed by atoms with Crippen molar-refractivity contribution in [1.82, 2.24) is 5.32 Å². The quantitative estimate of drug-likeness (QED) is 0.338. The molecule has 0 aliphatic carbocycles. The van der Waals surface area contributed by atoms with Gasteiger partial charge >= 0.3 is 0 Å². The van der Waals surface area contributed by atoms with Crippen molar-refractivity contribution in [2.24, 2.45) is 0 Å². The molecule has 5 nitrogen and oxygen atoms in total. The molecule has 0 heterocycles. The summed E-state index contributed by atoms with van der Waals surface area (Å²) in [6.07, 6.45) is 1.06. The summed E-state index contributed by atoms with van der Waals surface area (Å²) in [6, 6.07) is 19.7. The van der Waals surface area contributed by atoms with E-state index in [1.54, 1.807) is 48.2 Å². The number of carbonyl (C=O) groups excluding carboxylic acids is 1. The van der Waals surface area contributed by atoms with E-state index in [1.807, 2.05) is 24.3 Å². The minimum atomic E-state index is -3.66. The van der Waals surface area contributed by atoms with Gasteiger partial charge in [-0.15, -0.1) is 11.8 Å². The van der Waals surface area contributed by atoms with Gasteiger partial charge in [0.1, 0.15) is 5.82 Å². The number of nitrogens with zero attached hydrogens (tertiary/aromatic N) is 1. The lowest BCUT2D eigenvalue weighted by Gasteiger charge is -2.23. The minimum Gasteiger partial charge on any atom is -0.351 e. The van der Waals surface area contributed by atoms with Crippen molar-refractivity contribution in [3.8, 4) is 0 Å². The van der Waals surface area contributed by atoms with Crippen LogP contribution in [0.3, 0.4) is 0 Å². The number of hydrogen-bond donors (Lipinski definition) is 1. The number of nitrogens with one attached hydrogen (secondary N) is 1. The lowest BCUT2D eigenvalue weighted by atomic mass is 10.1. The van der Waals surface area contributed by atoms with Crippen LogP contribution in [0.2, 0.25) is 5.02 Å². The smallest absolute Gasteiger partial charge is 0.251 e. The Bertz CT molecular complexity index is 1170. The third kappa shape index (κ3) is 6.72. The SMILES string of the molecule is CS(=O)(=O)N(Cc1ccccc1F)c1ccc(C(=O)NCCSc2ccc(Cl)cc2)cc1. The van der Waals surface area contributed by atoms with Crippen LogP contribution in [0.5, 0.6) is 0 Å². The largest absolute Gasteiger partial charge is 0.351 e. The van der Waals surface area contributed by atoms with Crippen LogP contribution in [-0.2, 0) is 16.6 Å². The Morgan fingerprint density at radius 1 is 1.03 bits per heavy atom. The molecule has 3 aromatic rings. The standard InChI is InChI=1S/C23H22ClFN2O3S2/c1-32(29,30)27(16-18-4-2-3-5-22(18)25)20-10-6-17(7-11-20)23(28)26-14-15-31-21-12-8-19(24)9-13-21/h2-13H,14-16H2,1H3,(H,26,28). The average molecular weight is 493 g/mol. The Labute approximate surface area is 196 Å². The summed E-state index contributed by atoms with van der Waals surface area (Å²) in [5.41, 5.74) is 1.02. The molecule has 1 N–H and O–H groups in total. The summed E-state index contributed by atoms with van der Waals surface area (Å²) in [6.45, 7) is 0.329. The molecule has 0 aromatic heterocycles. The Kier molecular flexibility index (Phi) is 8.17. The van der Waals surface area contributed by atoms with Crippen LogP contribution in [0.25, 0.3) is 0 Å². The average Bonchev–Trinajstić information content (AvgIpc) is 2.76. The van der Waals surface area contributed by atoms with Crippen LogP contribution >= 0.6 is 23.4 Å². The van der Waals surface area contributed by atoms with E-state index in [2.05, 4.69) is 5.32 Å². The molecule has 9 heteroatoms. The van der Waals surface area contributed by atoms with Crippen LogP contribution in [0.15, 0.2) is 77.7 Å². The third-order valence-corrected chi connectivity index (χ3v) is 6.97. The zero-order valence-electron chi connectivity index (χ0n) is 17.3. The summed E-state index contributed by atoms with van der Waals surface area (Å²) < 4.78 is 39.7. The van der Waals surface area contributed by atoms with Crippen molar-refractivity contribution in [2.75, 3.05) is 22.9 Å². The Morgan fingerprint density at radius 2 is 1.69 bits per heavy atom. The molecule has 0 saturated heterocycles. The van der Waals surface area contributed by atoms with Gasteiger partial charge in [0.25, 0.3) is 5.91 Å². The normalized spacial score (nSPS) is 11.2. The minimum absolute atomic E-state index is 0.140. The predicted octanol–water partition coefficient (Wildman–Crippen LogP) is 4.97. The van der Waals surface area contributed by atoms with E-state index in [4.69, 9.17) is 11.6 Å². The summed E-state index contributed by atoms with van der Waals surface area (Å²) in [7, 11) is -3.66. The van der Waals surface area contributed by atoms with Gasteiger partial charge in [-0.25, -0.2) is 12.8 Å². The van der Waals surface area contributed by atoms with Gasteiger partial charge in [0.05, 0.1) is 18.5 Å². The van der Waals surface area contributed by atoms with Gasteiger partial charge in [-0.05, 0) is 54.6 Å². The van der Waals surface area contributed by atoms with Gasteiger partial charge in [-0.1, -0.05) is 29.8 Å². The van der Waals surface area contributed by atoms with Crippen molar-refractivity contribution >= 4 is 45.0 Å². The Hall–Kier alpha value is -2.55. The zero-order chi connectivity index (χ0) is 23.1. The second kappa shape index (κ2) is 10.8. The highest BCUT2D eigenvalue weighted by molar-refractivity contribution is 7.99. The summed E-state index contributed by atoms with van der Waals surface area (Å²) in [4.78, 5) is 13.5. The monoisotopic (exact) mass is 492 g/mol. The first-order valence-corrected chi connectivity index (χ1v) is 12.9. The lowest BCUT2D eigenvalue weighted by molar-refractivity contribution is 0.0956. The number of carbonyl (C=O) groups is 1. The lowest BCUT2D eigenvalue weighted by Crippen LogP contribution is -2.30. The van der Waals surface area contributed by atoms with Crippen molar-refractivity contribution in [2.45, 2.75) is 11.4 Å². The molecule has 0 unspecified atom stereocenters. The first-order chi connectivity index (χ1) is 15.2. The van der Waals surface area contributed by atoms with Crippen molar-refractivity contribution in [1.29, 1.82) is 0 Å². The van der Waals surface area contributed by atoms with Crippen molar-refractivity contribution < 1.29 is 17.6 Å². The zero-order valence-corrected chi connectivity index (χ0v) is 19.7. The number of halogens is 2. The van der Waals surface area contributed by atoms with Gasteiger partial charge < -0.3 is 5.32 Å². The molecule has 0 aliphatic rings. The molecule has 0 bridgehead atoms. The van der Waals surface area contributed by atoms with Crippen molar-refractivity contribution in [3.63, 3.8) is 0 Å². The Morgan fingerprint density at radius 3 is 2.31 bits per heavy atom. The number of anilines is 1. The predicted molar refractivity (Wildman–Crippen MR) is 128 cm³/mol. The van der Waals surface area contributed by atoms with Crippen LogP contribution in [0.4, 0.5) is 10.1 Å². The fraction of sp³-hybridized carbons (Fsp3) is 0.174. The third-order valence-electron chi connectivity index (χ3n) is 4.56. The molecule has 0 atom stereocenters. The van der Waals surface area contributed by atoms with Crippen LogP contribution < -0.4 is 9.62 Å². The van der Waals surface area contributed by atoms with Crippen LogP contribution in [0.1, 0.15) is 15.9 Å². The van der Waals surface area contributed by atoms with Crippen molar-refractivity contribution in [3.05, 3.63) is 94.8 Å². The molecular weight excluding hydrogens is 471 g/mol. The summed E-state index contributed by atoms with van der Waals surface area (Å²) >= 11 is 7.47. The molecule has 0 radical (unpaired) electrons. The number of benzene rings is 3. The molecule has 0 spiro atoms. The molecule has 0 saturated carbocycles. The molecule has 3 rings (SSSR count). The fourth-order valence-electron chi connectivity index (χ4n) is 2.93. The van der Waals surface area contributed by atoms with E-state index in [-0.39, 0.29) is 18.0 Å². The van der Waals surface area contributed by atoms with Crippen LogP contribution in [0, 0.1) is 5.82 Å². The number of amides is 1. The van der Waals surface area contributed by atoms with E-state index < -0.39 is 15.8 Å². The maximum absolute atomic E-state index is 14.0. The number of rotatable bonds is 9. The van der Waals surface area contributed by atoms with Gasteiger partial charge in [0.15, 0.2) is 0 Å². The van der Waals surface area contributed by atoms with E-state index in [1.165, 1.54) is 12.1 Å². The Balaban J connectivity index is 1.61. The van der Waals surface area contributed by atoms with Gasteiger partial charge in [0, 0.05) is 33.3 Å². The van der Waals surface area contributed by atoms with Gasteiger partial charge in [-0.2, -0.15) is 0 Å². The molecule has 0 fully saturated rings. The molecule has 1 amide bonds. The maximum atomic E-state index is 14.0. The van der Waals surface area contributed by atoms with Gasteiger partial charge in [-0.3, -0.25) is 9.10 Å². The van der Waals surface area contributed by atoms with Crippen LogP contribution in [-0.4, -0.2) is 32.9 Å². The number of hydrogen-bond acceptors (Lipinski definition) is 4. The molecule has 168 valence electrons. The first-order valence-electron chi connectivity index (χ1n) is 9.72. The first kappa shape index (κ1) is 24.1. The second-order valence-corrected chi connectivity index (χ2v) is 10.5. The second-order valence-electron chi connectivity index (χ2n) is 6.97. The number of thioether (sulfide) groups is 1. The molecule has 3 aromatic carbocycles. The highest BCUT2D eigenvalue weighted by Crippen LogP contribution is 2.23. The fourth-order valence-corrected chi connectivity index (χ4v) is 4.70. The van der Waals surface area contributed by atoms with Gasteiger partial charge in [0.2, 0.25) is 10.0 Å². The summed E-state index contributed by atoms with van der Waals surface area (Å²) in [5.74, 6) is -0.0439. The van der Waals surface area contributed by atoms with E-state index in [0.29, 0.717) is 28.6 Å². The van der Waals surface area contributed by atoms with E-state index in [9.17, 15) is 17.6 Å². The summed E-state index contributed by atoms with van der Waals surface area (Å²) in [5, 5.41) is 3.51. The van der Waals surface area contributed by atoms with E-state index in [0.717, 1.165) is 15.5 Å². The highest BCUT2D eigenvalue weighted by atomic mass is 35.5. The topological polar surface area (TPSA) is 66.5 Å². The van der Waals surface area contributed by atoms with E-state index >= 15 is 0 Å². The molecular formula is C23H22ClFN2O3S2. The highest BCUT2D eigenvalue weighted by Gasteiger charge is 2.20.